The average molecular weight is 297 g/mol. The first-order chi connectivity index (χ1) is 9.95. The number of methoxy groups -OCH3 is 1. The van der Waals surface area contributed by atoms with Crippen LogP contribution < -0.4 is 0 Å². The number of carbonyl (C=O) groups is 2. The van der Waals surface area contributed by atoms with Crippen molar-refractivity contribution in [3.8, 4) is 0 Å². The molecule has 1 saturated carbocycles. The van der Waals surface area contributed by atoms with Crippen molar-refractivity contribution in [2.45, 2.75) is 71.8 Å². The first-order valence-electron chi connectivity index (χ1n) is 8.33. The van der Waals surface area contributed by atoms with Crippen LogP contribution in [0.1, 0.15) is 65.7 Å². The van der Waals surface area contributed by atoms with Gasteiger partial charge in [0.05, 0.1) is 13.0 Å². The number of hydrogen-bond acceptors (Lipinski definition) is 3. The Morgan fingerprint density at radius 2 is 1.67 bits per heavy atom. The molecule has 1 atom stereocenters. The van der Waals surface area contributed by atoms with Crippen molar-refractivity contribution in [1.29, 1.82) is 0 Å². The van der Waals surface area contributed by atoms with Crippen molar-refractivity contribution < 1.29 is 14.3 Å². The standard InChI is InChI=1S/C17H31NO3/c1-13(2)11-16(19)18(12-14(3)17(20)21-4)15-9-7-5-6-8-10-15/h13-15H,5-12H2,1-4H3. The third kappa shape index (κ3) is 6.06. The van der Waals surface area contributed by atoms with Gasteiger partial charge < -0.3 is 9.64 Å². The molecule has 0 aliphatic heterocycles. The van der Waals surface area contributed by atoms with Crippen molar-refractivity contribution in [1.82, 2.24) is 4.90 Å². The number of esters is 1. The highest BCUT2D eigenvalue weighted by molar-refractivity contribution is 5.78. The Kier molecular flexibility index (Phi) is 7.76. The number of amides is 1. The fourth-order valence-electron chi connectivity index (χ4n) is 3.06. The van der Waals surface area contributed by atoms with Crippen molar-refractivity contribution >= 4 is 11.9 Å². The zero-order valence-electron chi connectivity index (χ0n) is 14.1. The molecular weight excluding hydrogens is 266 g/mol. The van der Waals surface area contributed by atoms with Gasteiger partial charge in [-0.1, -0.05) is 46.5 Å². The van der Waals surface area contributed by atoms with Crippen LogP contribution >= 0.6 is 0 Å². The highest BCUT2D eigenvalue weighted by atomic mass is 16.5. The van der Waals surface area contributed by atoms with Crippen LogP contribution in [0.4, 0.5) is 0 Å². The molecule has 1 aliphatic rings. The van der Waals surface area contributed by atoms with Crippen LogP contribution in [0, 0.1) is 11.8 Å². The molecular formula is C17H31NO3. The highest BCUT2D eigenvalue weighted by Crippen LogP contribution is 2.24. The van der Waals surface area contributed by atoms with E-state index in [2.05, 4.69) is 13.8 Å². The lowest BCUT2D eigenvalue weighted by Gasteiger charge is -2.33. The third-order valence-corrected chi connectivity index (χ3v) is 4.24. The van der Waals surface area contributed by atoms with E-state index in [1.165, 1.54) is 32.8 Å². The summed E-state index contributed by atoms with van der Waals surface area (Å²) in [6.45, 7) is 6.46. The van der Waals surface area contributed by atoms with E-state index in [-0.39, 0.29) is 17.8 Å². The summed E-state index contributed by atoms with van der Waals surface area (Å²) in [6.07, 6.45) is 7.58. The normalized spacial score (nSPS) is 18.1. The van der Waals surface area contributed by atoms with Crippen molar-refractivity contribution in [2.75, 3.05) is 13.7 Å². The minimum absolute atomic E-state index is 0.188. The molecule has 4 nitrogen and oxygen atoms in total. The van der Waals surface area contributed by atoms with Crippen LogP contribution in [0.3, 0.4) is 0 Å². The van der Waals surface area contributed by atoms with Gasteiger partial charge in [0.2, 0.25) is 5.91 Å². The van der Waals surface area contributed by atoms with Crippen molar-refractivity contribution in [3.63, 3.8) is 0 Å². The summed E-state index contributed by atoms with van der Waals surface area (Å²) in [6, 6.07) is 0.297. The van der Waals surface area contributed by atoms with Crippen molar-refractivity contribution in [2.24, 2.45) is 11.8 Å². The van der Waals surface area contributed by atoms with Crippen LogP contribution in [0.5, 0.6) is 0 Å². The Labute approximate surface area is 129 Å². The molecule has 0 N–H and O–H groups in total. The van der Waals surface area contributed by atoms with E-state index in [0.717, 1.165) is 12.8 Å². The molecule has 1 amide bonds. The molecule has 1 aliphatic carbocycles. The van der Waals surface area contributed by atoms with Gasteiger partial charge in [0, 0.05) is 19.0 Å². The average Bonchev–Trinajstić information content (AvgIpc) is 2.71. The van der Waals surface area contributed by atoms with E-state index in [1.807, 2.05) is 11.8 Å². The van der Waals surface area contributed by atoms with E-state index < -0.39 is 0 Å². The maximum absolute atomic E-state index is 12.6. The minimum Gasteiger partial charge on any atom is -0.469 e. The second-order valence-corrected chi connectivity index (χ2v) is 6.71. The molecule has 1 rings (SSSR count). The Morgan fingerprint density at radius 3 is 2.14 bits per heavy atom. The van der Waals surface area contributed by atoms with Gasteiger partial charge in [-0.05, 0) is 18.8 Å². The molecule has 0 radical (unpaired) electrons. The predicted molar refractivity (Wildman–Crippen MR) is 83.8 cm³/mol. The summed E-state index contributed by atoms with van der Waals surface area (Å²) in [5.74, 6) is 0.0483. The Morgan fingerprint density at radius 1 is 1.10 bits per heavy atom. The summed E-state index contributed by atoms with van der Waals surface area (Å²) < 4.78 is 4.81. The van der Waals surface area contributed by atoms with Gasteiger partial charge in [-0.25, -0.2) is 0 Å². The molecule has 0 spiro atoms. The van der Waals surface area contributed by atoms with E-state index >= 15 is 0 Å². The fourth-order valence-corrected chi connectivity index (χ4v) is 3.06. The van der Waals surface area contributed by atoms with Crippen LogP contribution in [0.2, 0.25) is 0 Å². The molecule has 1 unspecified atom stereocenters. The smallest absolute Gasteiger partial charge is 0.310 e. The van der Waals surface area contributed by atoms with E-state index in [0.29, 0.717) is 24.9 Å². The van der Waals surface area contributed by atoms with Gasteiger partial charge in [-0.3, -0.25) is 9.59 Å². The number of carbonyl (C=O) groups excluding carboxylic acids is 2. The van der Waals surface area contributed by atoms with Crippen LogP contribution in [-0.2, 0) is 14.3 Å². The molecule has 122 valence electrons. The maximum Gasteiger partial charge on any atom is 0.310 e. The molecule has 0 aromatic rings. The Hall–Kier alpha value is -1.06. The van der Waals surface area contributed by atoms with Crippen LogP contribution in [0.25, 0.3) is 0 Å². The summed E-state index contributed by atoms with van der Waals surface area (Å²) in [5.41, 5.74) is 0. The third-order valence-electron chi connectivity index (χ3n) is 4.24. The minimum atomic E-state index is -0.255. The Balaban J connectivity index is 2.77. The van der Waals surface area contributed by atoms with Gasteiger partial charge in [0.1, 0.15) is 0 Å². The molecule has 0 bridgehead atoms. The second kappa shape index (κ2) is 9.06. The lowest BCUT2D eigenvalue weighted by Crippen LogP contribution is -2.44. The quantitative estimate of drug-likeness (QED) is 0.557. The number of nitrogens with zero attached hydrogens (tertiary/aromatic N) is 1. The van der Waals surface area contributed by atoms with Gasteiger partial charge in [0.25, 0.3) is 0 Å². The van der Waals surface area contributed by atoms with Gasteiger partial charge in [0.15, 0.2) is 0 Å². The zero-order chi connectivity index (χ0) is 15.8. The summed E-state index contributed by atoms with van der Waals surface area (Å²) in [7, 11) is 1.41. The van der Waals surface area contributed by atoms with Gasteiger partial charge in [-0.2, -0.15) is 0 Å². The van der Waals surface area contributed by atoms with Crippen LogP contribution in [0.15, 0.2) is 0 Å². The Bertz CT molecular complexity index is 333. The summed E-state index contributed by atoms with van der Waals surface area (Å²) in [5, 5.41) is 0. The van der Waals surface area contributed by atoms with E-state index in [1.54, 1.807) is 0 Å². The van der Waals surface area contributed by atoms with E-state index in [9.17, 15) is 9.59 Å². The highest BCUT2D eigenvalue weighted by Gasteiger charge is 2.28. The largest absolute Gasteiger partial charge is 0.469 e. The monoisotopic (exact) mass is 297 g/mol. The SMILES string of the molecule is COC(=O)C(C)CN(C(=O)CC(C)C)C1CCCCCC1. The summed E-state index contributed by atoms with van der Waals surface area (Å²) >= 11 is 0. The van der Waals surface area contributed by atoms with Crippen molar-refractivity contribution in [3.05, 3.63) is 0 Å². The molecule has 0 aromatic carbocycles. The number of ether oxygens (including phenoxy) is 1. The first-order valence-corrected chi connectivity index (χ1v) is 8.33. The molecule has 0 saturated heterocycles. The molecule has 21 heavy (non-hydrogen) atoms. The number of rotatable bonds is 6. The van der Waals surface area contributed by atoms with E-state index in [4.69, 9.17) is 4.74 Å². The molecule has 1 fully saturated rings. The molecule has 0 aromatic heterocycles. The fraction of sp³-hybridized carbons (Fsp3) is 0.882. The number of hydrogen-bond donors (Lipinski definition) is 0. The molecule has 0 heterocycles. The summed E-state index contributed by atoms with van der Waals surface area (Å²) in [4.78, 5) is 26.2. The lowest BCUT2D eigenvalue weighted by molar-refractivity contribution is -0.147. The molecule has 4 heteroatoms. The van der Waals surface area contributed by atoms with Gasteiger partial charge >= 0.3 is 5.97 Å². The maximum atomic E-state index is 12.6. The topological polar surface area (TPSA) is 46.6 Å². The van der Waals surface area contributed by atoms with Crippen LogP contribution in [-0.4, -0.2) is 36.5 Å². The lowest BCUT2D eigenvalue weighted by atomic mass is 10.0. The first kappa shape index (κ1) is 18.0. The zero-order valence-corrected chi connectivity index (χ0v) is 14.1. The second-order valence-electron chi connectivity index (χ2n) is 6.71. The van der Waals surface area contributed by atoms with Gasteiger partial charge in [-0.15, -0.1) is 0 Å². The predicted octanol–water partition coefficient (Wildman–Crippen LogP) is 3.39.